The van der Waals surface area contributed by atoms with Gasteiger partial charge in [0.2, 0.25) is 0 Å². The number of hydrogen-bond donors (Lipinski definition) is 1. The number of hydrogen-bond acceptors (Lipinski definition) is 2. The van der Waals surface area contributed by atoms with Gasteiger partial charge in [0.05, 0.1) is 6.04 Å². The molecule has 2 aliphatic rings. The smallest absolute Gasteiger partial charge is 0.0608 e. The third kappa shape index (κ3) is 3.88. The molecule has 5 rings (SSSR count). The molecule has 29 heavy (non-hydrogen) atoms. The Kier molecular flexibility index (Phi) is 5.22. The molecular formula is C27H30N2. The predicted molar refractivity (Wildman–Crippen MR) is 120 cm³/mol. The molecule has 1 N–H and O–H groups in total. The van der Waals surface area contributed by atoms with Crippen LogP contribution in [0, 0.1) is 0 Å². The molecule has 148 valence electrons. The summed E-state index contributed by atoms with van der Waals surface area (Å²) < 4.78 is 0. The van der Waals surface area contributed by atoms with Crippen molar-refractivity contribution in [2.75, 3.05) is 13.1 Å². The fraction of sp³-hybridized carbons (Fsp3) is 0.333. The van der Waals surface area contributed by atoms with Gasteiger partial charge in [0, 0.05) is 25.2 Å². The standard InChI is InChI=1S/C27H30N2/c1-20(17-21-9-3-2-4-10-21)28-24-18-29(19-24)27-25-13-7-5-11-22(25)15-16-23-12-6-8-14-26(23)27/h2-14,20,24,27-28H,15-19H2,1H3. The minimum atomic E-state index is 0.396. The van der Waals surface area contributed by atoms with Crippen LogP contribution in [0.3, 0.4) is 0 Å². The quantitative estimate of drug-likeness (QED) is 0.683. The first kappa shape index (κ1) is 18.6. The lowest BCUT2D eigenvalue weighted by Crippen LogP contribution is -2.60. The molecular weight excluding hydrogens is 352 g/mol. The van der Waals surface area contributed by atoms with Crippen LogP contribution in [0.2, 0.25) is 0 Å². The monoisotopic (exact) mass is 382 g/mol. The Morgan fingerprint density at radius 1 is 0.793 bits per heavy atom. The van der Waals surface area contributed by atoms with Crippen LogP contribution in [0.1, 0.15) is 40.8 Å². The van der Waals surface area contributed by atoms with E-state index < -0.39 is 0 Å². The van der Waals surface area contributed by atoms with Gasteiger partial charge in [-0.05, 0) is 54.0 Å². The lowest BCUT2D eigenvalue weighted by molar-refractivity contribution is 0.0870. The summed E-state index contributed by atoms with van der Waals surface area (Å²) in [5, 5.41) is 3.86. The Morgan fingerprint density at radius 3 is 1.97 bits per heavy atom. The van der Waals surface area contributed by atoms with E-state index in [1.807, 2.05) is 0 Å². The van der Waals surface area contributed by atoms with Crippen molar-refractivity contribution in [2.45, 2.75) is 44.3 Å². The Morgan fingerprint density at radius 2 is 1.34 bits per heavy atom. The van der Waals surface area contributed by atoms with E-state index in [0.29, 0.717) is 18.1 Å². The van der Waals surface area contributed by atoms with Crippen LogP contribution in [0.5, 0.6) is 0 Å². The van der Waals surface area contributed by atoms with Crippen molar-refractivity contribution >= 4 is 0 Å². The van der Waals surface area contributed by atoms with E-state index >= 15 is 0 Å². The zero-order valence-corrected chi connectivity index (χ0v) is 17.2. The summed E-state index contributed by atoms with van der Waals surface area (Å²) in [7, 11) is 0. The Bertz CT molecular complexity index is 912. The first-order valence-electron chi connectivity index (χ1n) is 11.0. The van der Waals surface area contributed by atoms with Gasteiger partial charge in [-0.25, -0.2) is 0 Å². The van der Waals surface area contributed by atoms with Gasteiger partial charge in [0.1, 0.15) is 0 Å². The van der Waals surface area contributed by atoms with E-state index in [2.05, 4.69) is 96.0 Å². The van der Waals surface area contributed by atoms with E-state index in [0.717, 1.165) is 32.4 Å². The normalized spacial score (nSPS) is 18.4. The summed E-state index contributed by atoms with van der Waals surface area (Å²) in [6.07, 6.45) is 3.38. The zero-order valence-electron chi connectivity index (χ0n) is 17.2. The second kappa shape index (κ2) is 8.14. The molecule has 0 bridgehead atoms. The molecule has 1 saturated heterocycles. The summed E-state index contributed by atoms with van der Waals surface area (Å²) in [5.41, 5.74) is 7.46. The molecule has 0 spiro atoms. The number of nitrogens with zero attached hydrogens (tertiary/aromatic N) is 1. The topological polar surface area (TPSA) is 15.3 Å². The average molecular weight is 383 g/mol. The lowest BCUT2D eigenvalue weighted by atomic mass is 9.90. The van der Waals surface area contributed by atoms with Crippen molar-refractivity contribution < 1.29 is 0 Å². The molecule has 3 aromatic carbocycles. The van der Waals surface area contributed by atoms with Crippen molar-refractivity contribution in [3.8, 4) is 0 Å². The maximum Gasteiger partial charge on any atom is 0.0608 e. The number of nitrogens with one attached hydrogen (secondary N) is 1. The Hall–Kier alpha value is -2.42. The molecule has 0 radical (unpaired) electrons. The second-order valence-electron chi connectivity index (χ2n) is 8.71. The first-order chi connectivity index (χ1) is 14.3. The highest BCUT2D eigenvalue weighted by Gasteiger charge is 2.36. The highest BCUT2D eigenvalue weighted by molar-refractivity contribution is 5.44. The summed E-state index contributed by atoms with van der Waals surface area (Å²) >= 11 is 0. The average Bonchev–Trinajstić information content (AvgIpc) is 2.88. The van der Waals surface area contributed by atoms with Crippen molar-refractivity contribution in [3.05, 3.63) is 107 Å². The molecule has 1 unspecified atom stereocenters. The summed E-state index contributed by atoms with van der Waals surface area (Å²) in [5.74, 6) is 0. The van der Waals surface area contributed by atoms with Crippen LogP contribution in [0.15, 0.2) is 78.9 Å². The summed E-state index contributed by atoms with van der Waals surface area (Å²) in [4.78, 5) is 2.66. The molecule has 1 aliphatic heterocycles. The fourth-order valence-corrected chi connectivity index (χ4v) is 5.15. The van der Waals surface area contributed by atoms with Gasteiger partial charge >= 0.3 is 0 Å². The third-order valence-corrected chi connectivity index (χ3v) is 6.54. The van der Waals surface area contributed by atoms with Crippen LogP contribution in [0.4, 0.5) is 0 Å². The summed E-state index contributed by atoms with van der Waals surface area (Å²) in [6, 6.07) is 30.4. The number of benzene rings is 3. The number of likely N-dealkylation sites (tertiary alicyclic amines) is 1. The molecule has 3 aromatic rings. The van der Waals surface area contributed by atoms with Crippen LogP contribution in [-0.2, 0) is 19.3 Å². The SMILES string of the molecule is CC(Cc1ccccc1)NC1CN(C2c3ccccc3CCc3ccccc32)C1. The Balaban J connectivity index is 1.30. The van der Waals surface area contributed by atoms with Gasteiger partial charge in [0.25, 0.3) is 0 Å². The van der Waals surface area contributed by atoms with Crippen molar-refractivity contribution in [1.82, 2.24) is 10.2 Å². The highest BCUT2D eigenvalue weighted by Crippen LogP contribution is 2.38. The largest absolute Gasteiger partial charge is 0.309 e. The number of rotatable bonds is 5. The lowest BCUT2D eigenvalue weighted by Gasteiger charge is -2.46. The van der Waals surface area contributed by atoms with Crippen molar-refractivity contribution in [3.63, 3.8) is 0 Å². The van der Waals surface area contributed by atoms with Crippen molar-refractivity contribution in [2.24, 2.45) is 0 Å². The van der Waals surface area contributed by atoms with Crippen LogP contribution < -0.4 is 5.32 Å². The van der Waals surface area contributed by atoms with Crippen LogP contribution in [-0.4, -0.2) is 30.1 Å². The number of fused-ring (bicyclic) bond motifs is 2. The molecule has 0 amide bonds. The Labute approximate surface area is 174 Å². The minimum absolute atomic E-state index is 0.396. The van der Waals surface area contributed by atoms with Gasteiger partial charge in [0.15, 0.2) is 0 Å². The predicted octanol–water partition coefficient (Wildman–Crippen LogP) is 4.78. The fourth-order valence-electron chi connectivity index (χ4n) is 5.15. The summed E-state index contributed by atoms with van der Waals surface area (Å²) in [6.45, 7) is 4.55. The molecule has 2 nitrogen and oxygen atoms in total. The zero-order chi connectivity index (χ0) is 19.6. The van der Waals surface area contributed by atoms with Crippen molar-refractivity contribution in [1.29, 1.82) is 0 Å². The number of aryl methyl sites for hydroxylation is 2. The minimum Gasteiger partial charge on any atom is -0.309 e. The van der Waals surface area contributed by atoms with Crippen LogP contribution >= 0.6 is 0 Å². The van der Waals surface area contributed by atoms with Gasteiger partial charge in [-0.15, -0.1) is 0 Å². The van der Waals surface area contributed by atoms with Gasteiger partial charge < -0.3 is 5.32 Å². The molecule has 1 atom stereocenters. The molecule has 0 aromatic heterocycles. The molecule has 0 saturated carbocycles. The van der Waals surface area contributed by atoms with Gasteiger partial charge in [-0.2, -0.15) is 0 Å². The maximum atomic E-state index is 3.86. The highest BCUT2D eigenvalue weighted by atomic mass is 15.3. The molecule has 1 fully saturated rings. The van der Waals surface area contributed by atoms with Crippen LogP contribution in [0.25, 0.3) is 0 Å². The van der Waals surface area contributed by atoms with E-state index in [1.165, 1.54) is 27.8 Å². The third-order valence-electron chi connectivity index (χ3n) is 6.54. The van der Waals surface area contributed by atoms with E-state index in [4.69, 9.17) is 0 Å². The van der Waals surface area contributed by atoms with E-state index in [9.17, 15) is 0 Å². The van der Waals surface area contributed by atoms with E-state index in [1.54, 1.807) is 0 Å². The second-order valence-corrected chi connectivity index (χ2v) is 8.71. The van der Waals surface area contributed by atoms with Gasteiger partial charge in [-0.3, -0.25) is 4.90 Å². The molecule has 1 aliphatic carbocycles. The van der Waals surface area contributed by atoms with E-state index in [-0.39, 0.29) is 0 Å². The molecule has 1 heterocycles. The first-order valence-corrected chi connectivity index (χ1v) is 11.0. The van der Waals surface area contributed by atoms with Gasteiger partial charge in [-0.1, -0.05) is 78.9 Å². The molecule has 2 heteroatoms. The maximum absolute atomic E-state index is 3.86.